The molecule has 1 aliphatic rings. The van der Waals surface area contributed by atoms with Gasteiger partial charge in [0.05, 0.1) is 5.25 Å². The van der Waals surface area contributed by atoms with Crippen LogP contribution in [0.1, 0.15) is 30.2 Å². The van der Waals surface area contributed by atoms with Gasteiger partial charge in [-0.25, -0.2) is 4.98 Å². The first-order chi connectivity index (χ1) is 7.81. The summed E-state index contributed by atoms with van der Waals surface area (Å²) in [7, 11) is 0. The van der Waals surface area contributed by atoms with Gasteiger partial charge in [0, 0.05) is 23.2 Å². The van der Waals surface area contributed by atoms with Crippen molar-refractivity contribution in [1.82, 2.24) is 15.2 Å². The molecular weight excluding hydrogens is 240 g/mol. The second-order valence-corrected chi connectivity index (χ2v) is 6.63. The van der Waals surface area contributed by atoms with E-state index in [-0.39, 0.29) is 0 Å². The molecule has 1 saturated heterocycles. The molecule has 1 aromatic heterocycles. The Morgan fingerprint density at radius 3 is 3.00 bits per heavy atom. The summed E-state index contributed by atoms with van der Waals surface area (Å²) in [4.78, 5) is 4.57. The molecule has 1 aliphatic heterocycles. The Hall–Kier alpha value is -0.200. The summed E-state index contributed by atoms with van der Waals surface area (Å²) in [6, 6.07) is 0. The van der Waals surface area contributed by atoms with E-state index < -0.39 is 0 Å². The lowest BCUT2D eigenvalue weighted by Crippen LogP contribution is -2.17. The van der Waals surface area contributed by atoms with Crippen LogP contribution in [-0.2, 0) is 6.42 Å². The number of aromatic nitrogens is 3. The van der Waals surface area contributed by atoms with Crippen molar-refractivity contribution in [3.63, 3.8) is 0 Å². The molecule has 2 rings (SSSR count). The smallest absolute Gasteiger partial charge is 0.164 e. The molecule has 0 amide bonds. The van der Waals surface area contributed by atoms with Crippen molar-refractivity contribution in [3.8, 4) is 0 Å². The standard InChI is InChI=1S/C10H18N4S2/c1-7-9(16-6-5-15-7)10-12-8(13-14-10)3-2-4-11/h7,9H,2-6,11H2,1H3,(H,12,13,14). The fourth-order valence-corrected chi connectivity index (χ4v) is 4.42. The molecule has 2 heterocycles. The topological polar surface area (TPSA) is 67.6 Å². The molecule has 4 nitrogen and oxygen atoms in total. The Balaban J connectivity index is 1.99. The quantitative estimate of drug-likeness (QED) is 0.858. The Bertz CT molecular complexity index is 328. The van der Waals surface area contributed by atoms with Crippen molar-refractivity contribution in [3.05, 3.63) is 11.6 Å². The zero-order chi connectivity index (χ0) is 11.4. The molecule has 0 spiro atoms. The van der Waals surface area contributed by atoms with Crippen LogP contribution in [0.3, 0.4) is 0 Å². The van der Waals surface area contributed by atoms with Gasteiger partial charge < -0.3 is 5.73 Å². The van der Waals surface area contributed by atoms with Gasteiger partial charge in [0.15, 0.2) is 5.82 Å². The normalized spacial score (nSPS) is 25.9. The Kier molecular flexibility index (Phi) is 4.55. The highest BCUT2D eigenvalue weighted by Crippen LogP contribution is 2.40. The summed E-state index contributed by atoms with van der Waals surface area (Å²) in [5, 5.41) is 8.41. The van der Waals surface area contributed by atoms with E-state index in [1.807, 2.05) is 23.5 Å². The first-order valence-electron chi connectivity index (χ1n) is 5.65. The van der Waals surface area contributed by atoms with Crippen LogP contribution in [0.4, 0.5) is 0 Å². The number of hydrogen-bond donors (Lipinski definition) is 2. The van der Waals surface area contributed by atoms with Crippen LogP contribution >= 0.6 is 23.5 Å². The number of aryl methyl sites for hydroxylation is 1. The number of H-pyrrole nitrogens is 1. The third-order valence-electron chi connectivity index (χ3n) is 2.61. The monoisotopic (exact) mass is 258 g/mol. The lowest BCUT2D eigenvalue weighted by molar-refractivity contribution is 0.784. The first-order valence-corrected chi connectivity index (χ1v) is 7.75. The first kappa shape index (κ1) is 12.3. The maximum Gasteiger partial charge on any atom is 0.164 e. The second-order valence-electron chi connectivity index (χ2n) is 3.90. The number of thioether (sulfide) groups is 2. The van der Waals surface area contributed by atoms with Gasteiger partial charge in [-0.3, -0.25) is 5.10 Å². The molecule has 3 N–H and O–H groups in total. The molecule has 2 unspecified atom stereocenters. The number of nitrogens with one attached hydrogen (secondary N) is 1. The molecule has 6 heteroatoms. The lowest BCUT2D eigenvalue weighted by Gasteiger charge is -2.25. The van der Waals surface area contributed by atoms with E-state index in [2.05, 4.69) is 22.1 Å². The molecule has 0 aliphatic carbocycles. The van der Waals surface area contributed by atoms with Gasteiger partial charge in [-0.05, 0) is 13.0 Å². The minimum absolute atomic E-state index is 0.446. The number of nitrogens with two attached hydrogens (primary N) is 1. The van der Waals surface area contributed by atoms with Gasteiger partial charge in [-0.2, -0.15) is 16.9 Å². The predicted octanol–water partition coefficient (Wildman–Crippen LogP) is 1.61. The van der Waals surface area contributed by atoms with E-state index in [0.29, 0.717) is 17.0 Å². The molecule has 2 atom stereocenters. The van der Waals surface area contributed by atoms with Crippen LogP contribution < -0.4 is 5.73 Å². The third kappa shape index (κ3) is 2.93. The number of aromatic amines is 1. The number of hydrogen-bond acceptors (Lipinski definition) is 5. The SMILES string of the molecule is CC1SCCSC1c1n[nH]c(CCCN)n1. The van der Waals surface area contributed by atoms with E-state index in [9.17, 15) is 0 Å². The summed E-state index contributed by atoms with van der Waals surface area (Å²) >= 11 is 3.98. The van der Waals surface area contributed by atoms with Crippen LogP contribution in [0.15, 0.2) is 0 Å². The minimum atomic E-state index is 0.446. The van der Waals surface area contributed by atoms with E-state index in [0.717, 1.165) is 24.5 Å². The fraction of sp³-hybridized carbons (Fsp3) is 0.800. The maximum absolute atomic E-state index is 5.48. The highest BCUT2D eigenvalue weighted by molar-refractivity contribution is 8.06. The predicted molar refractivity (Wildman–Crippen MR) is 70.9 cm³/mol. The lowest BCUT2D eigenvalue weighted by atomic mass is 10.3. The Labute approximate surface area is 105 Å². The molecule has 90 valence electrons. The molecule has 1 aromatic rings. The fourth-order valence-electron chi connectivity index (χ4n) is 1.74. The van der Waals surface area contributed by atoms with Crippen molar-refractivity contribution in [2.24, 2.45) is 5.73 Å². The molecule has 0 saturated carbocycles. The van der Waals surface area contributed by atoms with Crippen LogP contribution in [0.2, 0.25) is 0 Å². The van der Waals surface area contributed by atoms with E-state index in [1.165, 1.54) is 11.5 Å². The summed E-state index contributed by atoms with van der Waals surface area (Å²) in [6.07, 6.45) is 1.87. The number of nitrogens with zero attached hydrogens (tertiary/aromatic N) is 2. The van der Waals surface area contributed by atoms with E-state index in [4.69, 9.17) is 5.73 Å². The van der Waals surface area contributed by atoms with Crippen molar-refractivity contribution >= 4 is 23.5 Å². The van der Waals surface area contributed by atoms with Gasteiger partial charge in [0.25, 0.3) is 0 Å². The highest BCUT2D eigenvalue weighted by Gasteiger charge is 2.27. The minimum Gasteiger partial charge on any atom is -0.330 e. The van der Waals surface area contributed by atoms with Crippen molar-refractivity contribution < 1.29 is 0 Å². The third-order valence-corrected chi connectivity index (χ3v) is 5.70. The van der Waals surface area contributed by atoms with Gasteiger partial charge in [-0.1, -0.05) is 6.92 Å². The Morgan fingerprint density at radius 2 is 2.25 bits per heavy atom. The molecule has 0 bridgehead atoms. The van der Waals surface area contributed by atoms with Crippen molar-refractivity contribution in [1.29, 1.82) is 0 Å². The van der Waals surface area contributed by atoms with E-state index >= 15 is 0 Å². The largest absolute Gasteiger partial charge is 0.330 e. The van der Waals surface area contributed by atoms with Gasteiger partial charge >= 0.3 is 0 Å². The maximum atomic E-state index is 5.48. The van der Waals surface area contributed by atoms with Crippen LogP contribution in [-0.4, -0.2) is 38.5 Å². The average Bonchev–Trinajstić information content (AvgIpc) is 2.75. The molecular formula is C10H18N4S2. The van der Waals surface area contributed by atoms with Gasteiger partial charge in [0.2, 0.25) is 0 Å². The number of rotatable bonds is 4. The van der Waals surface area contributed by atoms with Crippen LogP contribution in [0, 0.1) is 0 Å². The molecule has 16 heavy (non-hydrogen) atoms. The zero-order valence-electron chi connectivity index (χ0n) is 9.48. The van der Waals surface area contributed by atoms with Gasteiger partial charge in [-0.15, -0.1) is 11.8 Å². The van der Waals surface area contributed by atoms with Gasteiger partial charge in [0.1, 0.15) is 5.82 Å². The van der Waals surface area contributed by atoms with Crippen LogP contribution in [0.5, 0.6) is 0 Å². The average molecular weight is 258 g/mol. The van der Waals surface area contributed by atoms with Crippen LogP contribution in [0.25, 0.3) is 0 Å². The second kappa shape index (κ2) is 5.93. The van der Waals surface area contributed by atoms with E-state index in [1.54, 1.807) is 0 Å². The summed E-state index contributed by atoms with van der Waals surface area (Å²) < 4.78 is 0. The summed E-state index contributed by atoms with van der Waals surface area (Å²) in [5.41, 5.74) is 5.48. The van der Waals surface area contributed by atoms with Crippen molar-refractivity contribution in [2.75, 3.05) is 18.1 Å². The summed E-state index contributed by atoms with van der Waals surface area (Å²) in [5.74, 6) is 4.39. The molecule has 0 radical (unpaired) electrons. The molecule has 1 fully saturated rings. The summed E-state index contributed by atoms with van der Waals surface area (Å²) in [6.45, 7) is 2.97. The highest BCUT2D eigenvalue weighted by atomic mass is 32.2. The Morgan fingerprint density at radius 1 is 1.44 bits per heavy atom. The van der Waals surface area contributed by atoms with Crippen molar-refractivity contribution in [2.45, 2.75) is 30.3 Å². The zero-order valence-corrected chi connectivity index (χ0v) is 11.1. The molecule has 0 aromatic carbocycles.